The first kappa shape index (κ1) is 33.5. The van der Waals surface area contributed by atoms with Gasteiger partial charge in [0.05, 0.1) is 39.6 Å². The molecule has 2 aromatic carbocycles. The van der Waals surface area contributed by atoms with Gasteiger partial charge in [0.25, 0.3) is 0 Å². The number of hydrogen-bond acceptors (Lipinski definition) is 6. The topological polar surface area (TPSA) is 66.4 Å². The summed E-state index contributed by atoms with van der Waals surface area (Å²) in [6, 6.07) is 18.0. The Labute approximate surface area is 249 Å². The van der Waals surface area contributed by atoms with Crippen LogP contribution in [0.25, 0.3) is 0 Å². The van der Waals surface area contributed by atoms with E-state index in [4.69, 9.17) is 23.4 Å². The summed E-state index contributed by atoms with van der Waals surface area (Å²) in [5.74, 6) is 0.817. The fourth-order valence-corrected chi connectivity index (χ4v) is 11.7. The van der Waals surface area contributed by atoms with E-state index in [1.165, 1.54) is 0 Å². The van der Waals surface area contributed by atoms with Crippen molar-refractivity contribution in [3.05, 3.63) is 77.4 Å². The number of methoxy groups -OCH3 is 1. The van der Waals surface area contributed by atoms with Crippen molar-refractivity contribution in [1.29, 1.82) is 0 Å². The van der Waals surface area contributed by atoms with Crippen LogP contribution in [-0.2, 0) is 31.9 Å². The number of benzene rings is 2. The molecule has 0 saturated carbocycles. The molecule has 0 bridgehead atoms. The van der Waals surface area contributed by atoms with Crippen LogP contribution in [0.2, 0.25) is 16.6 Å². The molecular weight excluding hydrogens is 532 g/mol. The molecule has 4 atom stereocenters. The fourth-order valence-electron chi connectivity index (χ4n) is 6.28. The van der Waals surface area contributed by atoms with Crippen molar-refractivity contribution in [2.24, 2.45) is 0 Å². The van der Waals surface area contributed by atoms with Crippen LogP contribution in [0.5, 0.6) is 5.75 Å². The fraction of sp³-hybridized carbons (Fsp3) is 0.588. The average Bonchev–Trinajstić information content (AvgIpc) is 2.93. The molecule has 0 spiro atoms. The van der Waals surface area contributed by atoms with Gasteiger partial charge in [-0.1, -0.05) is 95.7 Å². The van der Waals surface area contributed by atoms with Gasteiger partial charge in [-0.2, -0.15) is 0 Å². The summed E-state index contributed by atoms with van der Waals surface area (Å²) in [4.78, 5) is 0. The summed E-state index contributed by atoms with van der Waals surface area (Å²) >= 11 is 0. The summed E-state index contributed by atoms with van der Waals surface area (Å²) in [5, 5.41) is 11.1. The summed E-state index contributed by atoms with van der Waals surface area (Å²) in [6.07, 6.45) is 0.613. The maximum absolute atomic E-state index is 11.1. The highest BCUT2D eigenvalue weighted by molar-refractivity contribution is 6.77. The van der Waals surface area contributed by atoms with Crippen molar-refractivity contribution < 1.29 is 28.5 Å². The zero-order chi connectivity index (χ0) is 30.0. The molecule has 0 saturated heterocycles. The highest BCUT2D eigenvalue weighted by atomic mass is 28.4. The molecule has 6 nitrogen and oxygen atoms in total. The molecule has 0 unspecified atom stereocenters. The molecule has 1 aliphatic heterocycles. The molecule has 41 heavy (non-hydrogen) atoms. The minimum Gasteiger partial charge on any atom is -0.497 e. The van der Waals surface area contributed by atoms with E-state index < -0.39 is 20.5 Å². The standard InChI is InChI=1S/C34H52O6Si/c1-24(2)41(25(3)4,26(5)6)39-23-34-32(38-21-29-14-16-30(36-8)17-15-29)19-27(7)18-31(35)33(40-34)22-37-20-28-12-10-9-11-13-28/h9-18,24-26,31-35H,19-23H2,1-8H3/b27-18-/t31-,32-,33-,34+/m0/s1. The first-order valence-corrected chi connectivity index (χ1v) is 17.2. The monoisotopic (exact) mass is 584 g/mol. The molecule has 0 aliphatic carbocycles. The third-order valence-corrected chi connectivity index (χ3v) is 14.4. The van der Waals surface area contributed by atoms with Crippen LogP contribution in [0.1, 0.15) is 66.0 Å². The maximum atomic E-state index is 11.1. The Kier molecular flexibility index (Phi) is 13.1. The van der Waals surface area contributed by atoms with E-state index in [-0.39, 0.29) is 18.8 Å². The average molecular weight is 585 g/mol. The Morgan fingerprint density at radius 3 is 2.02 bits per heavy atom. The van der Waals surface area contributed by atoms with Crippen LogP contribution in [0.4, 0.5) is 0 Å². The van der Waals surface area contributed by atoms with Crippen molar-refractivity contribution in [1.82, 2.24) is 0 Å². The number of ether oxygens (including phenoxy) is 4. The Morgan fingerprint density at radius 1 is 0.829 bits per heavy atom. The highest BCUT2D eigenvalue weighted by Gasteiger charge is 2.46. The first-order valence-electron chi connectivity index (χ1n) is 15.1. The minimum absolute atomic E-state index is 0.240. The van der Waals surface area contributed by atoms with E-state index >= 15 is 0 Å². The summed E-state index contributed by atoms with van der Waals surface area (Å²) in [7, 11) is -0.484. The SMILES string of the molecule is COc1ccc(CO[C@H]2C/C(C)=C\[C@H](O)[C@H](COCc3ccccc3)O[C@@H]2CO[Si](C(C)C)(C(C)C)C(C)C)cc1. The number of hydrogen-bond donors (Lipinski definition) is 1. The van der Waals surface area contributed by atoms with E-state index in [0.29, 0.717) is 42.9 Å². The lowest BCUT2D eigenvalue weighted by Gasteiger charge is -2.44. The highest BCUT2D eigenvalue weighted by Crippen LogP contribution is 2.42. The zero-order valence-corrected chi connectivity index (χ0v) is 27.3. The molecule has 0 aromatic heterocycles. The van der Waals surface area contributed by atoms with Crippen molar-refractivity contribution in [3.63, 3.8) is 0 Å². The molecule has 228 valence electrons. The van der Waals surface area contributed by atoms with Crippen molar-refractivity contribution in [2.75, 3.05) is 20.3 Å². The van der Waals surface area contributed by atoms with E-state index in [9.17, 15) is 5.11 Å². The van der Waals surface area contributed by atoms with Gasteiger partial charge in [0.2, 0.25) is 0 Å². The van der Waals surface area contributed by atoms with Crippen LogP contribution >= 0.6 is 0 Å². The Morgan fingerprint density at radius 2 is 1.44 bits per heavy atom. The van der Waals surface area contributed by atoms with Crippen molar-refractivity contribution >= 4 is 8.32 Å². The lowest BCUT2D eigenvalue weighted by molar-refractivity contribution is -0.159. The molecule has 2 aromatic rings. The Balaban J connectivity index is 1.84. The second-order valence-electron chi connectivity index (χ2n) is 12.2. The van der Waals surface area contributed by atoms with E-state index in [1.807, 2.05) is 67.6 Å². The largest absolute Gasteiger partial charge is 0.497 e. The van der Waals surface area contributed by atoms with Gasteiger partial charge in [0, 0.05) is 0 Å². The van der Waals surface area contributed by atoms with Crippen LogP contribution in [-0.4, -0.2) is 58.2 Å². The van der Waals surface area contributed by atoms with Crippen LogP contribution in [0.15, 0.2) is 66.2 Å². The molecule has 0 fully saturated rings. The van der Waals surface area contributed by atoms with Gasteiger partial charge in [-0.05, 0) is 53.2 Å². The lowest BCUT2D eigenvalue weighted by atomic mass is 9.99. The summed E-state index contributed by atoms with van der Waals surface area (Å²) < 4.78 is 31.7. The Bertz CT molecular complexity index is 1030. The van der Waals surface area contributed by atoms with Crippen LogP contribution in [0.3, 0.4) is 0 Å². The molecule has 7 heteroatoms. The summed E-state index contributed by atoms with van der Waals surface area (Å²) in [6.45, 7) is 17.4. The predicted molar refractivity (Wildman–Crippen MR) is 168 cm³/mol. The van der Waals surface area contributed by atoms with Crippen molar-refractivity contribution in [2.45, 2.75) is 109 Å². The smallest absolute Gasteiger partial charge is 0.200 e. The maximum Gasteiger partial charge on any atom is 0.200 e. The second kappa shape index (κ2) is 16.0. The van der Waals surface area contributed by atoms with Gasteiger partial charge in [-0.25, -0.2) is 0 Å². The molecule has 0 radical (unpaired) electrons. The van der Waals surface area contributed by atoms with Crippen molar-refractivity contribution in [3.8, 4) is 5.75 Å². The van der Waals surface area contributed by atoms with E-state index in [0.717, 1.165) is 22.4 Å². The predicted octanol–water partition coefficient (Wildman–Crippen LogP) is 7.45. The molecule has 0 amide bonds. The van der Waals surface area contributed by atoms with Gasteiger partial charge in [-0.3, -0.25) is 0 Å². The van der Waals surface area contributed by atoms with E-state index in [2.05, 4.69) is 41.5 Å². The molecule has 3 rings (SSSR count). The molecule has 1 aliphatic rings. The van der Waals surface area contributed by atoms with Gasteiger partial charge < -0.3 is 28.5 Å². The molecule has 1 N–H and O–H groups in total. The summed E-state index contributed by atoms with van der Waals surface area (Å²) in [5.41, 5.74) is 4.57. The second-order valence-corrected chi connectivity index (χ2v) is 17.7. The number of aliphatic hydroxyl groups excluding tert-OH is 1. The van der Waals surface area contributed by atoms with Gasteiger partial charge in [0.1, 0.15) is 24.1 Å². The van der Waals surface area contributed by atoms with Gasteiger partial charge >= 0.3 is 0 Å². The first-order chi connectivity index (χ1) is 19.6. The minimum atomic E-state index is -2.15. The van der Waals surface area contributed by atoms with Crippen LogP contribution < -0.4 is 4.74 Å². The van der Waals surface area contributed by atoms with Gasteiger partial charge in [0.15, 0.2) is 8.32 Å². The third kappa shape index (κ3) is 9.24. The normalized spacial score (nSPS) is 23.4. The lowest BCUT2D eigenvalue weighted by Crippen LogP contribution is -2.52. The third-order valence-electron chi connectivity index (χ3n) is 8.35. The number of aliphatic hydroxyl groups is 1. The zero-order valence-electron chi connectivity index (χ0n) is 26.3. The Hall–Kier alpha value is -2.00. The number of rotatable bonds is 14. The molecule has 1 heterocycles. The van der Waals surface area contributed by atoms with Crippen LogP contribution in [0, 0.1) is 0 Å². The van der Waals surface area contributed by atoms with Gasteiger partial charge in [-0.15, -0.1) is 0 Å². The molecular formula is C34H52O6Si. The van der Waals surface area contributed by atoms with E-state index in [1.54, 1.807) is 7.11 Å². The quantitative estimate of drug-likeness (QED) is 0.184.